The molecule has 1 aliphatic heterocycles. The molecule has 2 heterocycles. The van der Waals surface area contributed by atoms with E-state index in [4.69, 9.17) is 0 Å². The van der Waals surface area contributed by atoms with Gasteiger partial charge in [-0.2, -0.15) is 0 Å². The Morgan fingerprint density at radius 3 is 2.73 bits per heavy atom. The van der Waals surface area contributed by atoms with Crippen molar-refractivity contribution in [3.63, 3.8) is 0 Å². The smallest absolute Gasteiger partial charge is 0.268 e. The van der Waals surface area contributed by atoms with Gasteiger partial charge in [-0.15, -0.1) is 0 Å². The van der Waals surface area contributed by atoms with E-state index in [9.17, 15) is 4.79 Å². The molecule has 0 unspecified atom stereocenters. The predicted molar refractivity (Wildman–Crippen MR) is 57.7 cm³/mol. The average Bonchev–Trinajstić information content (AvgIpc) is 2.84. The molecule has 15 heavy (non-hydrogen) atoms. The summed E-state index contributed by atoms with van der Waals surface area (Å²) in [7, 11) is 0. The minimum atomic E-state index is 0.112. The molecule has 1 aliphatic carbocycles. The number of aromatic amines is 1. The van der Waals surface area contributed by atoms with Crippen molar-refractivity contribution in [2.75, 3.05) is 0 Å². The number of nitrogens with one attached hydrogen (secondary N) is 2. The third kappa shape index (κ3) is 1.44. The van der Waals surface area contributed by atoms with E-state index in [1.165, 1.54) is 37.8 Å². The summed E-state index contributed by atoms with van der Waals surface area (Å²) < 4.78 is 2.14. The van der Waals surface area contributed by atoms with E-state index in [2.05, 4.69) is 15.1 Å². The van der Waals surface area contributed by atoms with E-state index in [0.717, 1.165) is 18.7 Å². The van der Waals surface area contributed by atoms with E-state index < -0.39 is 0 Å². The van der Waals surface area contributed by atoms with Gasteiger partial charge in [0.1, 0.15) is 0 Å². The molecular formula is C11H17N3O. The monoisotopic (exact) mass is 207 g/mol. The zero-order valence-corrected chi connectivity index (χ0v) is 8.88. The van der Waals surface area contributed by atoms with Crippen molar-refractivity contribution in [2.24, 2.45) is 0 Å². The molecule has 0 amide bonds. The fraction of sp³-hybridized carbons (Fsp3) is 0.727. The zero-order valence-electron chi connectivity index (χ0n) is 8.88. The van der Waals surface area contributed by atoms with Crippen molar-refractivity contribution in [1.82, 2.24) is 15.1 Å². The summed E-state index contributed by atoms with van der Waals surface area (Å²) in [4.78, 5) is 11.7. The lowest BCUT2D eigenvalue weighted by Gasteiger charge is -2.24. The Morgan fingerprint density at radius 1 is 1.13 bits per heavy atom. The third-order valence-corrected chi connectivity index (χ3v) is 3.67. The highest BCUT2D eigenvalue weighted by Crippen LogP contribution is 2.29. The Labute approximate surface area is 88.7 Å². The molecule has 1 fully saturated rings. The molecule has 3 rings (SSSR count). The van der Waals surface area contributed by atoms with Crippen molar-refractivity contribution in [3.8, 4) is 0 Å². The number of hydrogen-bond acceptors (Lipinski definition) is 2. The van der Waals surface area contributed by atoms with Gasteiger partial charge >= 0.3 is 0 Å². The number of hydrogen-bond donors (Lipinski definition) is 2. The van der Waals surface area contributed by atoms with Gasteiger partial charge in [-0.1, -0.05) is 19.3 Å². The summed E-state index contributed by atoms with van der Waals surface area (Å²) in [5, 5.41) is 6.25. The highest BCUT2D eigenvalue weighted by Gasteiger charge is 2.24. The van der Waals surface area contributed by atoms with Crippen LogP contribution in [0.25, 0.3) is 0 Å². The van der Waals surface area contributed by atoms with Gasteiger partial charge < -0.3 is 5.32 Å². The van der Waals surface area contributed by atoms with E-state index >= 15 is 0 Å². The molecule has 2 aliphatic rings. The quantitative estimate of drug-likeness (QED) is 0.729. The van der Waals surface area contributed by atoms with Crippen LogP contribution in [0, 0.1) is 0 Å². The van der Waals surface area contributed by atoms with Crippen LogP contribution in [0.4, 0.5) is 0 Å². The van der Waals surface area contributed by atoms with Crippen LogP contribution in [-0.4, -0.2) is 9.78 Å². The van der Waals surface area contributed by atoms with Crippen LogP contribution >= 0.6 is 0 Å². The molecule has 0 radical (unpaired) electrons. The third-order valence-electron chi connectivity index (χ3n) is 3.67. The van der Waals surface area contributed by atoms with Crippen molar-refractivity contribution >= 4 is 0 Å². The molecule has 0 aromatic carbocycles. The van der Waals surface area contributed by atoms with Crippen molar-refractivity contribution in [1.29, 1.82) is 0 Å². The van der Waals surface area contributed by atoms with E-state index in [-0.39, 0.29) is 5.56 Å². The number of fused-ring (bicyclic) bond motifs is 1. The number of H-pyrrole nitrogens is 1. The Balaban J connectivity index is 1.97. The minimum Gasteiger partial charge on any atom is -0.307 e. The second-order valence-corrected chi connectivity index (χ2v) is 4.63. The molecular weight excluding hydrogens is 190 g/mol. The SMILES string of the molecule is O=c1[nH]n(C2CCCCC2)c2c1CNC2. The Hall–Kier alpha value is -1.03. The first-order valence-electron chi connectivity index (χ1n) is 5.89. The molecule has 82 valence electrons. The molecule has 0 spiro atoms. The summed E-state index contributed by atoms with van der Waals surface area (Å²) in [6, 6.07) is 0.537. The Bertz CT molecular complexity index is 412. The van der Waals surface area contributed by atoms with Crippen LogP contribution in [0.3, 0.4) is 0 Å². The maximum absolute atomic E-state index is 11.7. The van der Waals surface area contributed by atoms with Gasteiger partial charge in [-0.3, -0.25) is 14.6 Å². The molecule has 4 nitrogen and oxygen atoms in total. The molecule has 1 aromatic rings. The number of aromatic nitrogens is 2. The van der Waals surface area contributed by atoms with Crippen LogP contribution in [-0.2, 0) is 13.1 Å². The summed E-state index contributed by atoms with van der Waals surface area (Å²) in [6.45, 7) is 1.59. The van der Waals surface area contributed by atoms with Crippen LogP contribution < -0.4 is 10.9 Å². The second-order valence-electron chi connectivity index (χ2n) is 4.63. The van der Waals surface area contributed by atoms with Crippen LogP contribution in [0.2, 0.25) is 0 Å². The number of rotatable bonds is 1. The summed E-state index contributed by atoms with van der Waals surface area (Å²) >= 11 is 0. The van der Waals surface area contributed by atoms with E-state index in [0.29, 0.717) is 6.04 Å². The molecule has 2 N–H and O–H groups in total. The first kappa shape index (κ1) is 9.21. The van der Waals surface area contributed by atoms with Gasteiger partial charge in [0.05, 0.1) is 17.3 Å². The standard InChI is InChI=1S/C11H17N3O/c15-11-9-6-12-7-10(9)14(13-11)8-4-2-1-3-5-8/h8,12H,1-7H2,(H,13,15). The fourth-order valence-corrected chi connectivity index (χ4v) is 2.85. The van der Waals surface area contributed by atoms with Gasteiger partial charge in [-0.25, -0.2) is 0 Å². The summed E-state index contributed by atoms with van der Waals surface area (Å²) in [6.07, 6.45) is 6.39. The van der Waals surface area contributed by atoms with Crippen molar-refractivity contribution < 1.29 is 0 Å². The lowest BCUT2D eigenvalue weighted by atomic mass is 9.95. The van der Waals surface area contributed by atoms with Crippen LogP contribution in [0.5, 0.6) is 0 Å². The fourth-order valence-electron chi connectivity index (χ4n) is 2.85. The molecule has 4 heteroatoms. The maximum Gasteiger partial charge on any atom is 0.268 e. The van der Waals surface area contributed by atoms with Crippen LogP contribution in [0.1, 0.15) is 49.4 Å². The predicted octanol–water partition coefficient (Wildman–Crippen LogP) is 1.28. The Kier molecular flexibility index (Phi) is 2.16. The van der Waals surface area contributed by atoms with E-state index in [1.54, 1.807) is 0 Å². The average molecular weight is 207 g/mol. The van der Waals surface area contributed by atoms with Crippen molar-refractivity contribution in [3.05, 3.63) is 21.6 Å². The van der Waals surface area contributed by atoms with Gasteiger partial charge in [0.2, 0.25) is 0 Å². The minimum absolute atomic E-state index is 0.112. The highest BCUT2D eigenvalue weighted by atomic mass is 16.1. The maximum atomic E-state index is 11.7. The van der Waals surface area contributed by atoms with E-state index in [1.807, 2.05) is 0 Å². The van der Waals surface area contributed by atoms with Gasteiger partial charge in [0.15, 0.2) is 0 Å². The topological polar surface area (TPSA) is 49.8 Å². The lowest BCUT2D eigenvalue weighted by Crippen LogP contribution is -2.20. The number of nitrogens with zero attached hydrogens (tertiary/aromatic N) is 1. The van der Waals surface area contributed by atoms with Gasteiger partial charge in [-0.05, 0) is 12.8 Å². The van der Waals surface area contributed by atoms with Crippen molar-refractivity contribution in [2.45, 2.75) is 51.2 Å². The molecule has 1 saturated carbocycles. The van der Waals surface area contributed by atoms with Crippen LogP contribution in [0.15, 0.2) is 4.79 Å². The molecule has 1 aromatic heterocycles. The Morgan fingerprint density at radius 2 is 1.93 bits per heavy atom. The second kappa shape index (κ2) is 3.52. The molecule has 0 atom stereocenters. The largest absolute Gasteiger partial charge is 0.307 e. The molecule has 0 saturated heterocycles. The molecule has 0 bridgehead atoms. The first-order valence-corrected chi connectivity index (χ1v) is 5.89. The highest BCUT2D eigenvalue weighted by molar-refractivity contribution is 5.22. The van der Waals surface area contributed by atoms with Gasteiger partial charge in [0, 0.05) is 13.1 Å². The summed E-state index contributed by atoms with van der Waals surface area (Å²) in [5.41, 5.74) is 2.27. The normalized spacial score (nSPS) is 21.9. The first-order chi connectivity index (χ1) is 7.36. The lowest BCUT2D eigenvalue weighted by molar-refractivity contribution is 0.320. The van der Waals surface area contributed by atoms with Gasteiger partial charge in [0.25, 0.3) is 5.56 Å². The zero-order chi connectivity index (χ0) is 10.3. The summed E-state index contributed by atoms with van der Waals surface area (Å²) in [5.74, 6) is 0.